The maximum Gasteiger partial charge on any atom is 0.240 e. The van der Waals surface area contributed by atoms with E-state index in [0.717, 1.165) is 0 Å². The van der Waals surface area contributed by atoms with E-state index in [-0.39, 0.29) is 15.9 Å². The first-order chi connectivity index (χ1) is 7.81. The lowest BCUT2D eigenvalue weighted by Gasteiger charge is -2.13. The summed E-state index contributed by atoms with van der Waals surface area (Å²) in [5.74, 6) is 0. The molecule has 0 fully saturated rings. The van der Waals surface area contributed by atoms with Gasteiger partial charge in [-0.1, -0.05) is 29.9 Å². The molecule has 0 aliphatic carbocycles. The van der Waals surface area contributed by atoms with Crippen LogP contribution in [-0.4, -0.2) is 19.4 Å². The summed E-state index contributed by atoms with van der Waals surface area (Å²) in [5, 5.41) is 0.370. The fourth-order valence-electron chi connectivity index (χ4n) is 1.31. The van der Waals surface area contributed by atoms with E-state index < -0.39 is 10.0 Å². The lowest BCUT2D eigenvalue weighted by atomic mass is 10.3. The van der Waals surface area contributed by atoms with Gasteiger partial charge in [0, 0.05) is 17.5 Å². The summed E-state index contributed by atoms with van der Waals surface area (Å²) < 4.78 is 26.3. The maximum atomic E-state index is 11.9. The quantitative estimate of drug-likeness (QED) is 0.810. The van der Waals surface area contributed by atoms with E-state index in [2.05, 4.69) is 4.72 Å². The average molecular weight is 293 g/mol. The molecule has 94 valence electrons. The molecular weight excluding hydrogens is 280 g/mol. The first-order valence-electron chi connectivity index (χ1n) is 4.87. The third-order valence-corrected chi connectivity index (χ3v) is 3.96. The van der Waals surface area contributed by atoms with E-state index in [9.17, 15) is 8.42 Å². The number of sulfonamides is 1. The van der Waals surface area contributed by atoms with Crippen LogP contribution in [0.4, 0.5) is 0 Å². The Morgan fingerprint density at radius 2 is 2.24 bits per heavy atom. The molecule has 0 aromatic heterocycles. The van der Waals surface area contributed by atoms with Gasteiger partial charge in [0.05, 0.1) is 9.88 Å². The minimum atomic E-state index is -3.58. The number of nitrogens with one attached hydrogen (secondary N) is 1. The Balaban J connectivity index is 2.86. The van der Waals surface area contributed by atoms with Crippen molar-refractivity contribution >= 4 is 38.8 Å². The average Bonchev–Trinajstić information content (AvgIpc) is 2.15. The zero-order valence-electron chi connectivity index (χ0n) is 9.18. The molecule has 0 amide bonds. The molecule has 0 spiro atoms. The third-order valence-electron chi connectivity index (χ3n) is 1.97. The van der Waals surface area contributed by atoms with Crippen LogP contribution in [0.1, 0.15) is 13.3 Å². The Morgan fingerprint density at radius 3 is 2.76 bits per heavy atom. The second-order valence-electron chi connectivity index (χ2n) is 3.65. The first-order valence-corrected chi connectivity index (χ1v) is 7.14. The molecule has 1 aromatic rings. The van der Waals surface area contributed by atoms with Crippen LogP contribution in [0.2, 0.25) is 5.02 Å². The van der Waals surface area contributed by atoms with Gasteiger partial charge < -0.3 is 5.73 Å². The van der Waals surface area contributed by atoms with Crippen molar-refractivity contribution in [3.05, 3.63) is 29.3 Å². The largest absolute Gasteiger partial charge is 0.393 e. The highest BCUT2D eigenvalue weighted by atomic mass is 35.5. The number of thiocarbonyl (C=S) groups is 1. The molecule has 3 N–H and O–H groups in total. The molecule has 1 rings (SSSR count). The minimum absolute atomic E-state index is 0.125. The van der Waals surface area contributed by atoms with Crippen molar-refractivity contribution in [3.8, 4) is 0 Å². The highest BCUT2D eigenvalue weighted by molar-refractivity contribution is 7.89. The summed E-state index contributed by atoms with van der Waals surface area (Å²) >= 11 is 10.5. The monoisotopic (exact) mass is 292 g/mol. The Labute approximate surface area is 111 Å². The zero-order valence-corrected chi connectivity index (χ0v) is 11.6. The van der Waals surface area contributed by atoms with E-state index in [0.29, 0.717) is 11.4 Å². The number of hydrogen-bond acceptors (Lipinski definition) is 3. The zero-order chi connectivity index (χ0) is 13.1. The number of rotatable bonds is 5. The van der Waals surface area contributed by atoms with Gasteiger partial charge >= 0.3 is 0 Å². The molecule has 17 heavy (non-hydrogen) atoms. The lowest BCUT2D eigenvalue weighted by Crippen LogP contribution is -2.35. The third kappa shape index (κ3) is 4.59. The van der Waals surface area contributed by atoms with Crippen molar-refractivity contribution in [1.82, 2.24) is 4.72 Å². The summed E-state index contributed by atoms with van der Waals surface area (Å²) in [6, 6.07) is 5.70. The van der Waals surface area contributed by atoms with Gasteiger partial charge in [-0.15, -0.1) is 0 Å². The minimum Gasteiger partial charge on any atom is -0.393 e. The van der Waals surface area contributed by atoms with Crippen molar-refractivity contribution in [2.24, 2.45) is 5.73 Å². The molecule has 0 bridgehead atoms. The molecule has 0 radical (unpaired) electrons. The highest BCUT2D eigenvalue weighted by Crippen LogP contribution is 2.15. The molecule has 1 unspecified atom stereocenters. The summed E-state index contributed by atoms with van der Waals surface area (Å²) in [5.41, 5.74) is 5.35. The molecule has 0 aliphatic heterocycles. The molecule has 4 nitrogen and oxygen atoms in total. The Morgan fingerprint density at radius 1 is 1.59 bits per heavy atom. The predicted molar refractivity (Wildman–Crippen MR) is 72.6 cm³/mol. The van der Waals surface area contributed by atoms with Gasteiger partial charge in [-0.2, -0.15) is 0 Å². The van der Waals surface area contributed by atoms with E-state index in [4.69, 9.17) is 29.6 Å². The van der Waals surface area contributed by atoms with Crippen LogP contribution in [0, 0.1) is 0 Å². The summed E-state index contributed by atoms with van der Waals surface area (Å²) in [6.45, 7) is 1.70. The number of halogens is 1. The summed E-state index contributed by atoms with van der Waals surface area (Å²) in [4.78, 5) is 0.395. The van der Waals surface area contributed by atoms with Crippen molar-refractivity contribution in [3.63, 3.8) is 0 Å². The van der Waals surface area contributed by atoms with Crippen LogP contribution in [0.3, 0.4) is 0 Å². The van der Waals surface area contributed by atoms with E-state index in [1.165, 1.54) is 12.1 Å². The van der Waals surface area contributed by atoms with Gasteiger partial charge in [-0.25, -0.2) is 13.1 Å². The van der Waals surface area contributed by atoms with Crippen LogP contribution >= 0.6 is 23.8 Å². The maximum absolute atomic E-state index is 11.9. The van der Waals surface area contributed by atoms with Crippen molar-refractivity contribution in [1.29, 1.82) is 0 Å². The van der Waals surface area contributed by atoms with Crippen LogP contribution in [0.5, 0.6) is 0 Å². The van der Waals surface area contributed by atoms with E-state index >= 15 is 0 Å². The van der Waals surface area contributed by atoms with E-state index in [1.807, 2.05) is 0 Å². The predicted octanol–water partition coefficient (Wildman–Crippen LogP) is 1.68. The van der Waals surface area contributed by atoms with Gasteiger partial charge in [0.15, 0.2) is 0 Å². The topological polar surface area (TPSA) is 72.2 Å². The number of hydrogen-bond donors (Lipinski definition) is 2. The first kappa shape index (κ1) is 14.4. The molecule has 0 saturated carbocycles. The highest BCUT2D eigenvalue weighted by Gasteiger charge is 2.17. The van der Waals surface area contributed by atoms with Gasteiger partial charge in [0.2, 0.25) is 10.0 Å². The van der Waals surface area contributed by atoms with Crippen LogP contribution < -0.4 is 10.5 Å². The fraction of sp³-hybridized carbons (Fsp3) is 0.300. The second-order valence-corrected chi connectivity index (χ2v) is 6.32. The van der Waals surface area contributed by atoms with Gasteiger partial charge in [-0.3, -0.25) is 0 Å². The molecule has 7 heteroatoms. The number of benzene rings is 1. The van der Waals surface area contributed by atoms with Crippen LogP contribution in [0.25, 0.3) is 0 Å². The standard InChI is InChI=1S/C10H13ClN2O2S2/c1-7(5-10(12)16)13-17(14,15)9-4-2-3-8(11)6-9/h2-4,6-7,13H,5H2,1H3,(H2,12,16). The molecule has 0 saturated heterocycles. The van der Waals surface area contributed by atoms with Gasteiger partial charge in [0.25, 0.3) is 0 Å². The van der Waals surface area contributed by atoms with Gasteiger partial charge in [0.1, 0.15) is 0 Å². The van der Waals surface area contributed by atoms with Crippen molar-refractivity contribution < 1.29 is 8.42 Å². The molecular formula is C10H13ClN2O2S2. The molecule has 1 aromatic carbocycles. The van der Waals surface area contributed by atoms with Gasteiger partial charge in [-0.05, 0) is 25.1 Å². The van der Waals surface area contributed by atoms with Crippen molar-refractivity contribution in [2.75, 3.05) is 0 Å². The van der Waals surface area contributed by atoms with E-state index in [1.54, 1.807) is 19.1 Å². The van der Waals surface area contributed by atoms with Crippen molar-refractivity contribution in [2.45, 2.75) is 24.3 Å². The van der Waals surface area contributed by atoms with Crippen LogP contribution in [0.15, 0.2) is 29.2 Å². The van der Waals surface area contributed by atoms with Crippen LogP contribution in [-0.2, 0) is 10.0 Å². The second kappa shape index (κ2) is 5.77. The normalized spacial score (nSPS) is 13.3. The summed E-state index contributed by atoms with van der Waals surface area (Å²) in [6.07, 6.45) is 0.315. The summed E-state index contributed by atoms with van der Waals surface area (Å²) in [7, 11) is -3.58. The molecule has 0 heterocycles. The number of nitrogens with two attached hydrogens (primary N) is 1. The molecule has 0 aliphatic rings. The SMILES string of the molecule is CC(CC(N)=S)NS(=O)(=O)c1cccc(Cl)c1. The molecule has 1 atom stereocenters. The Bertz CT molecular complexity index is 517. The fourth-order valence-corrected chi connectivity index (χ4v) is 3.10. The Hall–Kier alpha value is -0.690. The Kier molecular flexibility index (Phi) is 4.88. The lowest BCUT2D eigenvalue weighted by molar-refractivity contribution is 0.565. The smallest absolute Gasteiger partial charge is 0.240 e.